The van der Waals surface area contributed by atoms with Crippen LogP contribution in [0.1, 0.15) is 0 Å². The number of fused-ring (bicyclic) bond motifs is 5. The Morgan fingerprint density at radius 3 is 2.72 bits per heavy atom. The Labute approximate surface area is 149 Å². The second-order valence-electron chi connectivity index (χ2n) is 5.99. The lowest BCUT2D eigenvalue weighted by molar-refractivity contribution is 1.36. The summed E-state index contributed by atoms with van der Waals surface area (Å²) in [5.41, 5.74) is 5.62. The van der Waals surface area contributed by atoms with Crippen molar-refractivity contribution in [3.8, 4) is 11.1 Å². The first kappa shape index (κ1) is 14.5. The lowest BCUT2D eigenvalue weighted by Crippen LogP contribution is -1.87. The molecule has 0 atom stereocenters. The van der Waals surface area contributed by atoms with E-state index < -0.39 is 0 Å². The van der Waals surface area contributed by atoms with E-state index in [1.54, 1.807) is 11.8 Å². The van der Waals surface area contributed by atoms with Crippen molar-refractivity contribution in [2.24, 2.45) is 0 Å². The van der Waals surface area contributed by atoms with E-state index in [-0.39, 0.29) is 0 Å². The van der Waals surface area contributed by atoms with Gasteiger partial charge in [0.2, 0.25) is 0 Å². The number of thioether (sulfide) groups is 1. The second-order valence-corrected chi connectivity index (χ2v) is 6.84. The second kappa shape index (κ2) is 5.60. The zero-order chi connectivity index (χ0) is 16.8. The predicted octanol–water partition coefficient (Wildman–Crippen LogP) is 5.65. The fourth-order valence-corrected chi connectivity index (χ4v) is 4.17. The van der Waals surface area contributed by atoms with Gasteiger partial charge in [-0.3, -0.25) is 9.97 Å². The maximum Gasteiger partial charge on any atom is 0.0963 e. The molecule has 0 radical (unpaired) electrons. The number of H-pyrrole nitrogens is 1. The summed E-state index contributed by atoms with van der Waals surface area (Å²) >= 11 is 1.77. The molecule has 5 rings (SSSR count). The van der Waals surface area contributed by atoms with Crippen molar-refractivity contribution in [2.75, 3.05) is 6.26 Å². The van der Waals surface area contributed by atoms with E-state index in [0.717, 1.165) is 21.9 Å². The van der Waals surface area contributed by atoms with Crippen molar-refractivity contribution in [3.63, 3.8) is 0 Å². The number of rotatable bonds is 2. The van der Waals surface area contributed by atoms with Crippen molar-refractivity contribution < 1.29 is 0 Å². The van der Waals surface area contributed by atoms with Gasteiger partial charge in [0, 0.05) is 39.8 Å². The highest BCUT2D eigenvalue weighted by molar-refractivity contribution is 7.98. The molecule has 3 heterocycles. The van der Waals surface area contributed by atoms with Crippen molar-refractivity contribution in [3.05, 3.63) is 67.1 Å². The average molecular weight is 341 g/mol. The third-order valence-electron chi connectivity index (χ3n) is 4.65. The van der Waals surface area contributed by atoms with Crippen molar-refractivity contribution in [2.45, 2.75) is 4.90 Å². The van der Waals surface area contributed by atoms with E-state index in [2.05, 4.69) is 63.7 Å². The maximum atomic E-state index is 4.60. The van der Waals surface area contributed by atoms with Crippen LogP contribution in [0.25, 0.3) is 43.8 Å². The van der Waals surface area contributed by atoms with E-state index in [9.17, 15) is 0 Å². The van der Waals surface area contributed by atoms with Crippen LogP contribution >= 0.6 is 11.8 Å². The summed E-state index contributed by atoms with van der Waals surface area (Å²) in [6, 6.07) is 16.9. The van der Waals surface area contributed by atoms with Crippen molar-refractivity contribution in [1.29, 1.82) is 0 Å². The van der Waals surface area contributed by atoms with Crippen LogP contribution in [0.15, 0.2) is 72.0 Å². The lowest BCUT2D eigenvalue weighted by Gasteiger charge is -2.11. The summed E-state index contributed by atoms with van der Waals surface area (Å²) in [6.45, 7) is 0. The summed E-state index contributed by atoms with van der Waals surface area (Å²) in [4.78, 5) is 13.8. The van der Waals surface area contributed by atoms with Crippen LogP contribution in [0.2, 0.25) is 0 Å². The Bertz CT molecular complexity index is 1240. The summed E-state index contributed by atoms with van der Waals surface area (Å²) in [7, 11) is 0. The minimum absolute atomic E-state index is 1.01. The molecule has 0 bridgehead atoms. The van der Waals surface area contributed by atoms with Gasteiger partial charge in [-0.25, -0.2) is 0 Å². The molecule has 0 saturated carbocycles. The highest BCUT2D eigenvalue weighted by atomic mass is 32.2. The fraction of sp³-hybridized carbons (Fsp3) is 0.0476. The van der Waals surface area contributed by atoms with E-state index in [0.29, 0.717) is 0 Å². The first-order chi connectivity index (χ1) is 12.4. The van der Waals surface area contributed by atoms with Crippen LogP contribution in [0, 0.1) is 0 Å². The molecule has 0 spiro atoms. The van der Waals surface area contributed by atoms with Crippen LogP contribution < -0.4 is 0 Å². The van der Waals surface area contributed by atoms with E-state index in [4.69, 9.17) is 0 Å². The van der Waals surface area contributed by atoms with Gasteiger partial charge in [-0.1, -0.05) is 18.2 Å². The number of aromatic amines is 1. The largest absolute Gasteiger partial charge is 0.353 e. The number of benzene rings is 2. The van der Waals surface area contributed by atoms with Gasteiger partial charge in [0.25, 0.3) is 0 Å². The number of hydrogen-bond acceptors (Lipinski definition) is 3. The Kier molecular flexibility index (Phi) is 3.25. The Morgan fingerprint density at radius 2 is 1.80 bits per heavy atom. The molecule has 25 heavy (non-hydrogen) atoms. The number of pyridine rings is 2. The van der Waals surface area contributed by atoms with Gasteiger partial charge < -0.3 is 4.98 Å². The topological polar surface area (TPSA) is 41.6 Å². The lowest BCUT2D eigenvalue weighted by atomic mass is 9.97. The Hall–Kier alpha value is -2.85. The standard InChI is InChI=1S/C21H15N3S/c1-25-19-7-3-2-5-13(19)15-11-18-20(14-8-10-22-12-16(14)15)21-17(24-18)6-4-9-23-21/h2-12,24H,1H3. The summed E-state index contributed by atoms with van der Waals surface area (Å²) in [6.07, 6.45) is 7.78. The first-order valence-electron chi connectivity index (χ1n) is 8.13. The molecular formula is C21H15N3S. The normalized spacial score (nSPS) is 11.6. The molecule has 5 aromatic rings. The zero-order valence-corrected chi connectivity index (χ0v) is 14.5. The molecule has 0 fully saturated rings. The molecule has 3 aromatic heterocycles. The van der Waals surface area contributed by atoms with Crippen LogP contribution in [0.5, 0.6) is 0 Å². The van der Waals surface area contributed by atoms with Gasteiger partial charge in [-0.2, -0.15) is 0 Å². The van der Waals surface area contributed by atoms with Gasteiger partial charge >= 0.3 is 0 Å². The van der Waals surface area contributed by atoms with Gasteiger partial charge in [0.15, 0.2) is 0 Å². The molecule has 3 nitrogen and oxygen atoms in total. The summed E-state index contributed by atoms with van der Waals surface area (Å²) < 4.78 is 0. The van der Waals surface area contributed by atoms with Gasteiger partial charge in [-0.05, 0) is 53.1 Å². The van der Waals surface area contributed by atoms with Gasteiger partial charge in [-0.15, -0.1) is 11.8 Å². The van der Waals surface area contributed by atoms with Crippen LogP contribution in [-0.4, -0.2) is 21.2 Å². The van der Waals surface area contributed by atoms with Crippen LogP contribution in [0.4, 0.5) is 0 Å². The average Bonchev–Trinajstić information content (AvgIpc) is 3.06. The van der Waals surface area contributed by atoms with Gasteiger partial charge in [0.05, 0.1) is 11.0 Å². The number of aromatic nitrogens is 3. The summed E-state index contributed by atoms with van der Waals surface area (Å²) in [5, 5.41) is 3.50. The van der Waals surface area contributed by atoms with Crippen LogP contribution in [0.3, 0.4) is 0 Å². The number of hydrogen-bond donors (Lipinski definition) is 1. The highest BCUT2D eigenvalue weighted by Crippen LogP contribution is 2.39. The SMILES string of the molecule is CSc1ccccc1-c1cc2[nH]c3cccnc3c2c2ccncc12. The van der Waals surface area contributed by atoms with Gasteiger partial charge in [0.1, 0.15) is 0 Å². The third-order valence-corrected chi connectivity index (χ3v) is 5.45. The molecule has 2 aromatic carbocycles. The molecule has 0 aliphatic rings. The van der Waals surface area contributed by atoms with Crippen LogP contribution in [-0.2, 0) is 0 Å². The third kappa shape index (κ3) is 2.14. The maximum absolute atomic E-state index is 4.60. The van der Waals surface area contributed by atoms with Crippen molar-refractivity contribution >= 4 is 44.5 Å². The quantitative estimate of drug-likeness (QED) is 0.422. The zero-order valence-electron chi connectivity index (χ0n) is 13.7. The summed E-state index contributed by atoms with van der Waals surface area (Å²) in [5.74, 6) is 0. The fourth-order valence-electron chi connectivity index (χ4n) is 3.56. The Balaban J connectivity index is 1.98. The molecule has 0 unspecified atom stereocenters. The number of nitrogens with zero attached hydrogens (tertiary/aromatic N) is 2. The first-order valence-corrected chi connectivity index (χ1v) is 9.36. The molecule has 0 aliphatic carbocycles. The molecule has 4 heteroatoms. The molecule has 0 aliphatic heterocycles. The molecule has 0 saturated heterocycles. The molecule has 120 valence electrons. The predicted molar refractivity (Wildman–Crippen MR) is 106 cm³/mol. The molecule has 1 N–H and O–H groups in total. The highest BCUT2D eigenvalue weighted by Gasteiger charge is 2.15. The monoisotopic (exact) mass is 341 g/mol. The van der Waals surface area contributed by atoms with Crippen molar-refractivity contribution in [1.82, 2.24) is 15.0 Å². The molecular weight excluding hydrogens is 326 g/mol. The minimum Gasteiger partial charge on any atom is -0.353 e. The minimum atomic E-state index is 1.01. The van der Waals surface area contributed by atoms with E-state index >= 15 is 0 Å². The molecule has 0 amide bonds. The Morgan fingerprint density at radius 1 is 0.880 bits per heavy atom. The van der Waals surface area contributed by atoms with E-state index in [1.807, 2.05) is 24.7 Å². The smallest absolute Gasteiger partial charge is 0.0963 e. The van der Waals surface area contributed by atoms with E-state index in [1.165, 1.54) is 26.8 Å². The number of nitrogens with one attached hydrogen (secondary N) is 1.